The van der Waals surface area contributed by atoms with Crippen LogP contribution in [0.15, 0.2) is 42.5 Å². The molecule has 1 fully saturated rings. The first-order chi connectivity index (χ1) is 16.8. The maximum Gasteiger partial charge on any atom is 0.400 e. The van der Waals surface area contributed by atoms with Gasteiger partial charge in [0.15, 0.2) is 17.4 Å². The zero-order chi connectivity index (χ0) is 25.3. The molecule has 0 saturated heterocycles. The highest BCUT2D eigenvalue weighted by molar-refractivity contribution is 5.35. The highest BCUT2D eigenvalue weighted by Crippen LogP contribution is 2.40. The first kappa shape index (κ1) is 27.3. The predicted octanol–water partition coefficient (Wildman–Crippen LogP) is 8.45. The summed E-state index contributed by atoms with van der Waals surface area (Å²) in [7, 11) is 0. The Morgan fingerprint density at radius 2 is 1.60 bits per heavy atom. The van der Waals surface area contributed by atoms with Crippen molar-refractivity contribution in [2.45, 2.75) is 96.6 Å². The molecule has 35 heavy (non-hydrogen) atoms. The normalized spacial score (nSPS) is 19.4. The third-order valence-electron chi connectivity index (χ3n) is 6.49. The molecule has 3 nitrogen and oxygen atoms in total. The Labute approximate surface area is 205 Å². The number of rotatable bonds is 13. The minimum Gasteiger partial charge on any atom is -0.485 e. The van der Waals surface area contributed by atoms with Gasteiger partial charge < -0.3 is 14.2 Å². The van der Waals surface area contributed by atoms with Gasteiger partial charge in [-0.05, 0) is 51.0 Å². The van der Waals surface area contributed by atoms with Crippen molar-refractivity contribution in [1.82, 2.24) is 0 Å². The van der Waals surface area contributed by atoms with E-state index in [0.29, 0.717) is 25.9 Å². The topological polar surface area (TPSA) is 27.7 Å². The lowest BCUT2D eigenvalue weighted by atomic mass is 9.86. The fraction of sp³-hybridized carbons (Fsp3) is 0.571. The molecule has 0 spiro atoms. The lowest BCUT2D eigenvalue weighted by Crippen LogP contribution is -2.38. The van der Waals surface area contributed by atoms with Crippen LogP contribution in [-0.2, 0) is 11.3 Å². The number of alkyl halides is 2. The van der Waals surface area contributed by atoms with Gasteiger partial charge in [-0.15, -0.1) is 0 Å². The molecule has 0 radical (unpaired) electrons. The molecule has 1 saturated carbocycles. The van der Waals surface area contributed by atoms with Crippen LogP contribution in [-0.4, -0.2) is 18.3 Å². The molecule has 0 amide bonds. The van der Waals surface area contributed by atoms with E-state index in [4.69, 9.17) is 14.2 Å². The number of halogens is 4. The van der Waals surface area contributed by atoms with Crippen molar-refractivity contribution in [2.75, 3.05) is 0 Å². The molecule has 3 rings (SSSR count). The van der Waals surface area contributed by atoms with Gasteiger partial charge in [0.05, 0.1) is 24.7 Å². The molecule has 0 N–H and O–H groups in total. The second kappa shape index (κ2) is 13.1. The molecule has 0 aromatic heterocycles. The van der Waals surface area contributed by atoms with Gasteiger partial charge in [-0.25, -0.2) is 8.78 Å². The molecular formula is C28H36F4O3. The summed E-state index contributed by atoms with van der Waals surface area (Å²) >= 11 is 0. The molecule has 1 aliphatic rings. The summed E-state index contributed by atoms with van der Waals surface area (Å²) in [5.41, 5.74) is 1.03. The van der Waals surface area contributed by atoms with Gasteiger partial charge >= 0.3 is 6.11 Å². The molecule has 2 aromatic carbocycles. The summed E-state index contributed by atoms with van der Waals surface area (Å²) in [4.78, 5) is 0. The van der Waals surface area contributed by atoms with E-state index >= 15 is 0 Å². The summed E-state index contributed by atoms with van der Waals surface area (Å²) in [6.07, 6.45) is 2.09. The molecule has 1 atom stereocenters. The molecule has 0 bridgehead atoms. The summed E-state index contributed by atoms with van der Waals surface area (Å²) in [5.74, 6) is -4.25. The van der Waals surface area contributed by atoms with E-state index in [9.17, 15) is 17.6 Å². The highest BCUT2D eigenvalue weighted by Gasteiger charge is 2.44. The van der Waals surface area contributed by atoms with E-state index < -0.39 is 35.2 Å². The minimum absolute atomic E-state index is 0.0995. The summed E-state index contributed by atoms with van der Waals surface area (Å²) in [5, 5.41) is 0. The van der Waals surface area contributed by atoms with Gasteiger partial charge in [0.25, 0.3) is 0 Å². The Hall–Kier alpha value is -2.28. The second-order valence-corrected chi connectivity index (χ2v) is 9.43. The smallest absolute Gasteiger partial charge is 0.400 e. The fourth-order valence-electron chi connectivity index (χ4n) is 4.42. The van der Waals surface area contributed by atoms with Crippen LogP contribution in [0, 0.1) is 17.6 Å². The Kier molecular flexibility index (Phi) is 10.3. The van der Waals surface area contributed by atoms with Crippen LogP contribution >= 0.6 is 0 Å². The van der Waals surface area contributed by atoms with Crippen LogP contribution in [0.3, 0.4) is 0 Å². The molecule has 7 heteroatoms. The zero-order valence-electron chi connectivity index (χ0n) is 20.6. The number of benzene rings is 2. The lowest BCUT2D eigenvalue weighted by Gasteiger charge is -2.33. The van der Waals surface area contributed by atoms with E-state index in [0.717, 1.165) is 43.4 Å². The van der Waals surface area contributed by atoms with E-state index in [1.807, 2.05) is 30.3 Å². The summed E-state index contributed by atoms with van der Waals surface area (Å²) in [6, 6.07) is 11.2. The van der Waals surface area contributed by atoms with E-state index in [1.165, 1.54) is 0 Å². The summed E-state index contributed by atoms with van der Waals surface area (Å²) in [6.45, 7) is 4.28. The molecule has 1 unspecified atom stereocenters. The van der Waals surface area contributed by atoms with Crippen molar-refractivity contribution in [3.05, 3.63) is 59.7 Å². The molecular weight excluding hydrogens is 460 g/mol. The fourth-order valence-corrected chi connectivity index (χ4v) is 4.42. The van der Waals surface area contributed by atoms with Gasteiger partial charge in [0, 0.05) is 12.1 Å². The molecule has 1 aliphatic carbocycles. The van der Waals surface area contributed by atoms with Crippen molar-refractivity contribution in [3.8, 4) is 11.5 Å². The van der Waals surface area contributed by atoms with Crippen LogP contribution in [0.1, 0.15) is 77.2 Å². The highest BCUT2D eigenvalue weighted by atomic mass is 19.3. The molecule has 2 aromatic rings. The van der Waals surface area contributed by atoms with Crippen molar-refractivity contribution in [2.24, 2.45) is 5.92 Å². The van der Waals surface area contributed by atoms with Crippen molar-refractivity contribution in [3.63, 3.8) is 0 Å². The van der Waals surface area contributed by atoms with Gasteiger partial charge in [0.1, 0.15) is 5.75 Å². The monoisotopic (exact) mass is 496 g/mol. The average Bonchev–Trinajstić information content (AvgIpc) is 2.83. The first-order valence-corrected chi connectivity index (χ1v) is 12.7. The predicted molar refractivity (Wildman–Crippen MR) is 128 cm³/mol. The third-order valence-corrected chi connectivity index (χ3v) is 6.49. The zero-order valence-corrected chi connectivity index (χ0v) is 20.6. The maximum atomic E-state index is 14.8. The number of ether oxygens (including phenoxy) is 3. The lowest BCUT2D eigenvalue weighted by molar-refractivity contribution is -0.226. The van der Waals surface area contributed by atoms with Crippen LogP contribution in [0.4, 0.5) is 17.6 Å². The Morgan fingerprint density at radius 1 is 0.943 bits per heavy atom. The second-order valence-electron chi connectivity index (χ2n) is 9.43. The minimum atomic E-state index is -3.54. The maximum absolute atomic E-state index is 14.8. The van der Waals surface area contributed by atoms with Crippen molar-refractivity contribution < 1.29 is 31.8 Å². The number of unbranched alkanes of at least 4 members (excludes halogenated alkanes) is 3. The largest absolute Gasteiger partial charge is 0.485 e. The number of hydrogen-bond donors (Lipinski definition) is 0. The quantitative estimate of drug-likeness (QED) is 0.206. The van der Waals surface area contributed by atoms with Crippen LogP contribution in [0.2, 0.25) is 0 Å². The molecule has 194 valence electrons. The van der Waals surface area contributed by atoms with Crippen LogP contribution in [0.25, 0.3) is 0 Å². The van der Waals surface area contributed by atoms with E-state index in [2.05, 4.69) is 6.92 Å². The summed E-state index contributed by atoms with van der Waals surface area (Å²) < 4.78 is 74.7. The van der Waals surface area contributed by atoms with Crippen molar-refractivity contribution in [1.29, 1.82) is 0 Å². The Bertz CT molecular complexity index is 875. The standard InChI is InChI=1S/C28H36F4O3/c1-3-4-5-7-10-20(2)34-27-25(29)17-24(18-26(27)30)35-28(31,32)22-13-15-23(16-14-22)33-19-21-11-8-6-9-12-21/h6,8-9,11-12,17-18,20,22-23H,3-5,7,10,13-16,19H2,1-2H3. The number of hydrogen-bond acceptors (Lipinski definition) is 3. The first-order valence-electron chi connectivity index (χ1n) is 12.7. The molecule has 0 aliphatic heterocycles. The third kappa shape index (κ3) is 8.41. The Morgan fingerprint density at radius 3 is 2.23 bits per heavy atom. The molecule has 0 heterocycles. The van der Waals surface area contributed by atoms with Gasteiger partial charge in [-0.3, -0.25) is 0 Å². The average molecular weight is 497 g/mol. The van der Waals surface area contributed by atoms with Gasteiger partial charge in [-0.2, -0.15) is 8.78 Å². The Balaban J connectivity index is 1.50. The van der Waals surface area contributed by atoms with Gasteiger partial charge in [-0.1, -0.05) is 56.5 Å². The van der Waals surface area contributed by atoms with E-state index in [1.54, 1.807) is 6.92 Å². The van der Waals surface area contributed by atoms with Gasteiger partial charge in [0.2, 0.25) is 0 Å². The van der Waals surface area contributed by atoms with E-state index in [-0.39, 0.29) is 25.0 Å². The van der Waals surface area contributed by atoms with Crippen molar-refractivity contribution >= 4 is 0 Å². The van der Waals surface area contributed by atoms with Crippen LogP contribution < -0.4 is 9.47 Å². The SMILES string of the molecule is CCCCCCC(C)Oc1c(F)cc(OC(F)(F)C2CCC(OCc3ccccc3)CC2)cc1F. The van der Waals surface area contributed by atoms with Crippen LogP contribution in [0.5, 0.6) is 11.5 Å².